The molecule has 2 aromatic carbocycles. The van der Waals surface area contributed by atoms with Crippen LogP contribution in [0.25, 0.3) is 11.0 Å². The zero-order valence-corrected chi connectivity index (χ0v) is 17.5. The van der Waals surface area contributed by atoms with Crippen molar-refractivity contribution in [3.05, 3.63) is 71.7 Å². The van der Waals surface area contributed by atoms with Gasteiger partial charge in [0, 0.05) is 31.6 Å². The molecule has 0 radical (unpaired) electrons. The Morgan fingerprint density at radius 2 is 1.66 bits per heavy atom. The number of benzene rings is 2. The van der Waals surface area contributed by atoms with Crippen molar-refractivity contribution < 1.29 is 23.2 Å². The van der Waals surface area contributed by atoms with Crippen LogP contribution in [-0.2, 0) is 16.1 Å². The number of likely N-dealkylation sites (tertiary alicyclic amines) is 1. The van der Waals surface area contributed by atoms with Crippen LogP contribution in [0.15, 0.2) is 59.0 Å². The van der Waals surface area contributed by atoms with Crippen LogP contribution in [0.3, 0.4) is 0 Å². The molecule has 1 aromatic heterocycles. The number of halogens is 1. The number of nitrogens with zero attached hydrogens (tertiary/aromatic N) is 1. The van der Waals surface area contributed by atoms with Gasteiger partial charge < -0.3 is 20.0 Å². The summed E-state index contributed by atoms with van der Waals surface area (Å²) in [7, 11) is 0. The number of hydrogen-bond donors (Lipinski definition) is 2. The summed E-state index contributed by atoms with van der Waals surface area (Å²) in [6.07, 6.45) is 1.45. The first kappa shape index (κ1) is 21.5. The Labute approximate surface area is 184 Å². The molecule has 0 atom stereocenters. The second-order valence-corrected chi connectivity index (χ2v) is 7.90. The van der Waals surface area contributed by atoms with Gasteiger partial charge >= 0.3 is 11.8 Å². The number of rotatable bonds is 5. The van der Waals surface area contributed by atoms with Crippen molar-refractivity contribution in [2.24, 2.45) is 5.92 Å². The number of fused-ring (bicyclic) bond motifs is 1. The summed E-state index contributed by atoms with van der Waals surface area (Å²) >= 11 is 0. The molecule has 1 fully saturated rings. The molecule has 2 heterocycles. The van der Waals surface area contributed by atoms with E-state index < -0.39 is 11.8 Å². The normalized spacial score (nSPS) is 14.3. The fourth-order valence-corrected chi connectivity index (χ4v) is 3.77. The van der Waals surface area contributed by atoms with Gasteiger partial charge in [0.1, 0.15) is 11.4 Å². The molecule has 4 rings (SSSR count). The largest absolute Gasteiger partial charge is 0.451 e. The maximum absolute atomic E-state index is 12.9. The second kappa shape index (κ2) is 9.64. The molecular weight excluding hydrogens is 413 g/mol. The zero-order chi connectivity index (χ0) is 22.5. The Balaban J connectivity index is 1.19. The first-order valence-electron chi connectivity index (χ1n) is 10.6. The van der Waals surface area contributed by atoms with Crippen molar-refractivity contribution in [1.29, 1.82) is 0 Å². The molecule has 0 aliphatic carbocycles. The Kier molecular flexibility index (Phi) is 6.49. The lowest BCUT2D eigenvalue weighted by molar-refractivity contribution is -0.139. The third-order valence-electron chi connectivity index (χ3n) is 5.66. The van der Waals surface area contributed by atoms with E-state index in [1.807, 2.05) is 24.3 Å². The van der Waals surface area contributed by atoms with Crippen molar-refractivity contribution in [2.45, 2.75) is 19.4 Å². The van der Waals surface area contributed by atoms with E-state index >= 15 is 0 Å². The molecule has 3 aromatic rings. The number of carbonyl (C=O) groups excluding carboxylic acids is 3. The summed E-state index contributed by atoms with van der Waals surface area (Å²) < 4.78 is 18.6. The third-order valence-corrected chi connectivity index (χ3v) is 5.66. The monoisotopic (exact) mass is 437 g/mol. The zero-order valence-electron chi connectivity index (χ0n) is 17.5. The van der Waals surface area contributed by atoms with Crippen molar-refractivity contribution in [3.63, 3.8) is 0 Å². The van der Waals surface area contributed by atoms with Crippen molar-refractivity contribution in [1.82, 2.24) is 15.5 Å². The minimum absolute atomic E-state index is 0.135. The maximum atomic E-state index is 12.9. The van der Waals surface area contributed by atoms with Gasteiger partial charge in [-0.15, -0.1) is 0 Å². The quantitative estimate of drug-likeness (QED) is 0.601. The Morgan fingerprint density at radius 1 is 0.969 bits per heavy atom. The third kappa shape index (κ3) is 5.14. The van der Waals surface area contributed by atoms with Crippen LogP contribution in [0.2, 0.25) is 0 Å². The van der Waals surface area contributed by atoms with Crippen LogP contribution >= 0.6 is 0 Å². The second-order valence-electron chi connectivity index (χ2n) is 7.90. The molecule has 1 aliphatic rings. The molecule has 1 saturated heterocycles. The van der Waals surface area contributed by atoms with Crippen LogP contribution in [0.5, 0.6) is 0 Å². The average Bonchev–Trinajstić information content (AvgIpc) is 3.26. The lowest BCUT2D eigenvalue weighted by Gasteiger charge is -2.31. The first-order valence-corrected chi connectivity index (χ1v) is 10.6. The highest BCUT2D eigenvalue weighted by Gasteiger charge is 2.26. The Bertz CT molecular complexity index is 1080. The summed E-state index contributed by atoms with van der Waals surface area (Å²) in [5, 5.41) is 6.07. The van der Waals surface area contributed by atoms with Crippen LogP contribution in [0, 0.1) is 11.7 Å². The summed E-state index contributed by atoms with van der Waals surface area (Å²) in [6.45, 7) is 1.64. The van der Waals surface area contributed by atoms with Crippen molar-refractivity contribution in [3.8, 4) is 0 Å². The van der Waals surface area contributed by atoms with Crippen LogP contribution in [0.1, 0.15) is 29.0 Å². The van der Waals surface area contributed by atoms with E-state index in [4.69, 9.17) is 4.42 Å². The van der Waals surface area contributed by atoms with Gasteiger partial charge in [-0.3, -0.25) is 14.4 Å². The van der Waals surface area contributed by atoms with Crippen molar-refractivity contribution in [2.75, 3.05) is 19.6 Å². The fourth-order valence-electron chi connectivity index (χ4n) is 3.77. The van der Waals surface area contributed by atoms with E-state index in [-0.39, 0.29) is 24.2 Å². The van der Waals surface area contributed by atoms with Gasteiger partial charge in [-0.25, -0.2) is 4.39 Å². The van der Waals surface area contributed by atoms with Crippen LogP contribution in [0.4, 0.5) is 4.39 Å². The number of piperidine rings is 1. The van der Waals surface area contributed by atoms with Gasteiger partial charge in [0.25, 0.3) is 5.91 Å². The number of amides is 3. The molecule has 3 amide bonds. The first-order chi connectivity index (χ1) is 15.5. The molecule has 8 heteroatoms. The Morgan fingerprint density at radius 3 is 2.38 bits per heavy atom. The summed E-state index contributed by atoms with van der Waals surface area (Å²) in [4.78, 5) is 38.5. The molecule has 0 unspecified atom stereocenters. The smallest absolute Gasteiger partial charge is 0.309 e. The van der Waals surface area contributed by atoms with Crippen LogP contribution < -0.4 is 10.6 Å². The Hall–Kier alpha value is -3.68. The maximum Gasteiger partial charge on any atom is 0.309 e. The van der Waals surface area contributed by atoms with Gasteiger partial charge in [-0.2, -0.15) is 0 Å². The van der Waals surface area contributed by atoms with E-state index in [9.17, 15) is 18.8 Å². The van der Waals surface area contributed by atoms with Gasteiger partial charge in [-0.05, 0) is 48.6 Å². The number of nitrogens with one attached hydrogen (secondary N) is 2. The predicted octanol–water partition coefficient (Wildman–Crippen LogP) is 2.86. The van der Waals surface area contributed by atoms with E-state index in [0.717, 1.165) is 18.2 Å². The summed E-state index contributed by atoms with van der Waals surface area (Å²) in [5.74, 6) is -1.41. The van der Waals surface area contributed by atoms with E-state index in [0.29, 0.717) is 36.5 Å². The number of para-hydroxylation sites is 1. The number of carbonyl (C=O) groups is 3. The highest BCUT2D eigenvalue weighted by molar-refractivity contribution is 6.35. The fraction of sp³-hybridized carbons (Fsp3) is 0.292. The number of furan rings is 1. The molecule has 7 nitrogen and oxygen atoms in total. The standard InChI is InChI=1S/C24H24FN3O4/c25-19-7-5-16(6-8-19)14-26-22(29)23(30)27-15-17-9-11-28(12-10-17)24(31)21-13-18-3-1-2-4-20(18)32-21/h1-8,13,17H,9-12,14-15H2,(H,26,29)(H,27,30). The van der Waals surface area contributed by atoms with E-state index in [2.05, 4.69) is 10.6 Å². The number of hydrogen-bond acceptors (Lipinski definition) is 4. The van der Waals surface area contributed by atoms with E-state index in [1.165, 1.54) is 12.1 Å². The highest BCUT2D eigenvalue weighted by Crippen LogP contribution is 2.23. The predicted molar refractivity (Wildman–Crippen MR) is 116 cm³/mol. The van der Waals surface area contributed by atoms with Gasteiger partial charge in [0.15, 0.2) is 5.76 Å². The molecule has 1 aliphatic heterocycles. The van der Waals surface area contributed by atoms with Crippen LogP contribution in [-0.4, -0.2) is 42.3 Å². The molecule has 166 valence electrons. The molecule has 32 heavy (non-hydrogen) atoms. The van der Waals surface area contributed by atoms with Gasteiger partial charge in [0.2, 0.25) is 0 Å². The van der Waals surface area contributed by atoms with Gasteiger partial charge in [-0.1, -0.05) is 30.3 Å². The SMILES string of the molecule is O=C(NCc1ccc(F)cc1)C(=O)NCC1CCN(C(=O)c2cc3ccccc3o2)CC1. The summed E-state index contributed by atoms with van der Waals surface area (Å²) in [5.41, 5.74) is 1.39. The lowest BCUT2D eigenvalue weighted by Crippen LogP contribution is -2.44. The highest BCUT2D eigenvalue weighted by atomic mass is 19.1. The minimum Gasteiger partial charge on any atom is -0.451 e. The van der Waals surface area contributed by atoms with Crippen molar-refractivity contribution >= 4 is 28.7 Å². The molecule has 0 spiro atoms. The minimum atomic E-state index is -0.730. The molecule has 0 bridgehead atoms. The summed E-state index contributed by atoms with van der Waals surface area (Å²) in [6, 6.07) is 14.9. The average molecular weight is 437 g/mol. The molecule has 2 N–H and O–H groups in total. The van der Waals surface area contributed by atoms with Gasteiger partial charge in [0.05, 0.1) is 0 Å². The lowest BCUT2D eigenvalue weighted by atomic mass is 9.96. The molecule has 0 saturated carbocycles. The van der Waals surface area contributed by atoms with E-state index in [1.54, 1.807) is 23.1 Å². The molecular formula is C24H24FN3O4. The topological polar surface area (TPSA) is 91.7 Å².